The topological polar surface area (TPSA) is 111 Å². The fourth-order valence-corrected chi connectivity index (χ4v) is 5.98. The maximum Gasteiger partial charge on any atom is 0.307 e. The van der Waals surface area contributed by atoms with Gasteiger partial charge in [-0.2, -0.15) is 0 Å². The van der Waals surface area contributed by atoms with E-state index in [1.165, 1.54) is 36.8 Å². The number of benzene rings is 2. The van der Waals surface area contributed by atoms with Crippen molar-refractivity contribution in [3.8, 4) is 5.75 Å². The molecule has 2 saturated carbocycles. The summed E-state index contributed by atoms with van der Waals surface area (Å²) in [6, 6.07) is 12.4. The zero-order chi connectivity index (χ0) is 25.9. The predicted molar refractivity (Wildman–Crippen MR) is 139 cm³/mol. The Morgan fingerprint density at radius 1 is 1.03 bits per heavy atom. The van der Waals surface area contributed by atoms with E-state index in [-0.39, 0.29) is 23.8 Å². The van der Waals surface area contributed by atoms with Gasteiger partial charge in [-0.25, -0.2) is 4.68 Å². The molecule has 3 atom stereocenters. The highest BCUT2D eigenvalue weighted by Gasteiger charge is 2.45. The second kappa shape index (κ2) is 10.8. The SMILES string of the molecule is Cc1ccc2nnn(CC3CCC(C(=O)c4ccc(OCC5CCCCC5)cc4)C3C(=O)O)c(=O)c2c1. The molecule has 3 unspecified atom stereocenters. The fraction of sp³-hybridized carbons (Fsp3) is 0.483. The third-order valence-corrected chi connectivity index (χ3v) is 8.05. The van der Waals surface area contributed by atoms with Crippen LogP contribution in [0.25, 0.3) is 10.9 Å². The van der Waals surface area contributed by atoms with Crippen molar-refractivity contribution in [1.29, 1.82) is 0 Å². The summed E-state index contributed by atoms with van der Waals surface area (Å²) in [6.07, 6.45) is 7.20. The molecule has 0 amide bonds. The standard InChI is InChI=1S/C29H33N3O5/c1-18-7-14-25-24(15-18)28(34)32(31-30-25)16-21-10-13-23(26(21)29(35)36)27(33)20-8-11-22(12-9-20)37-17-19-5-3-2-4-6-19/h7-9,11-12,14-15,19,21,23,26H,2-6,10,13,16-17H2,1H3,(H,35,36). The number of aryl methyl sites for hydroxylation is 1. The molecular formula is C29H33N3O5. The zero-order valence-electron chi connectivity index (χ0n) is 21.1. The van der Waals surface area contributed by atoms with Gasteiger partial charge in [0.15, 0.2) is 5.78 Å². The summed E-state index contributed by atoms with van der Waals surface area (Å²) in [5, 5.41) is 18.7. The molecule has 1 aromatic heterocycles. The lowest BCUT2D eigenvalue weighted by Gasteiger charge is -2.22. The summed E-state index contributed by atoms with van der Waals surface area (Å²) >= 11 is 0. The van der Waals surface area contributed by atoms with E-state index in [1.807, 2.05) is 13.0 Å². The smallest absolute Gasteiger partial charge is 0.307 e. The third kappa shape index (κ3) is 5.43. The van der Waals surface area contributed by atoms with Crippen molar-refractivity contribution in [3.63, 3.8) is 0 Å². The Hall–Kier alpha value is -3.55. The molecule has 3 aromatic rings. The first kappa shape index (κ1) is 25.1. The van der Waals surface area contributed by atoms with Crippen LogP contribution in [0.4, 0.5) is 0 Å². The Morgan fingerprint density at radius 2 is 1.78 bits per heavy atom. The minimum atomic E-state index is -1.02. The number of hydrogen-bond acceptors (Lipinski definition) is 6. The van der Waals surface area contributed by atoms with E-state index in [2.05, 4.69) is 10.3 Å². The van der Waals surface area contributed by atoms with Gasteiger partial charge in [-0.1, -0.05) is 36.1 Å². The molecule has 1 heterocycles. The Morgan fingerprint density at radius 3 is 2.51 bits per heavy atom. The van der Waals surface area contributed by atoms with Crippen molar-refractivity contribution in [1.82, 2.24) is 15.0 Å². The number of rotatable bonds is 8. The quantitative estimate of drug-likeness (QED) is 0.445. The van der Waals surface area contributed by atoms with Crippen LogP contribution in [-0.4, -0.2) is 38.5 Å². The van der Waals surface area contributed by atoms with Crippen LogP contribution >= 0.6 is 0 Å². The monoisotopic (exact) mass is 503 g/mol. The molecule has 2 fully saturated rings. The minimum Gasteiger partial charge on any atom is -0.493 e. The average molecular weight is 504 g/mol. The largest absolute Gasteiger partial charge is 0.493 e. The van der Waals surface area contributed by atoms with E-state index < -0.39 is 17.8 Å². The summed E-state index contributed by atoms with van der Waals surface area (Å²) in [7, 11) is 0. The second-order valence-electron chi connectivity index (χ2n) is 10.6. The summed E-state index contributed by atoms with van der Waals surface area (Å²) in [4.78, 5) is 38.6. The Bertz CT molecular complexity index is 1340. The fourth-order valence-electron chi connectivity index (χ4n) is 5.98. The number of aliphatic carboxylic acids is 1. The first-order valence-corrected chi connectivity index (χ1v) is 13.2. The number of fused-ring (bicyclic) bond motifs is 1. The number of hydrogen-bond donors (Lipinski definition) is 1. The first-order valence-electron chi connectivity index (χ1n) is 13.2. The molecule has 2 aliphatic rings. The van der Waals surface area contributed by atoms with Gasteiger partial charge in [-0.15, -0.1) is 5.10 Å². The molecule has 8 nitrogen and oxygen atoms in total. The Labute approximate surface area is 215 Å². The molecule has 1 N–H and O–H groups in total. The molecule has 37 heavy (non-hydrogen) atoms. The summed E-state index contributed by atoms with van der Waals surface area (Å²) in [5.74, 6) is -1.82. The van der Waals surface area contributed by atoms with E-state index in [0.29, 0.717) is 41.8 Å². The second-order valence-corrected chi connectivity index (χ2v) is 10.6. The number of ether oxygens (including phenoxy) is 1. The van der Waals surface area contributed by atoms with Crippen molar-refractivity contribution >= 4 is 22.7 Å². The molecule has 0 saturated heterocycles. The minimum absolute atomic E-state index is 0.115. The normalized spacial score (nSPS) is 22.2. The molecule has 2 aliphatic carbocycles. The molecular weight excluding hydrogens is 470 g/mol. The Kier molecular flexibility index (Phi) is 7.35. The highest BCUT2D eigenvalue weighted by atomic mass is 16.5. The predicted octanol–water partition coefficient (Wildman–Crippen LogP) is 4.67. The van der Waals surface area contributed by atoms with E-state index in [1.54, 1.807) is 36.4 Å². The molecule has 194 valence electrons. The lowest BCUT2D eigenvalue weighted by atomic mass is 9.84. The molecule has 2 aromatic carbocycles. The van der Waals surface area contributed by atoms with Crippen LogP contribution < -0.4 is 10.3 Å². The first-order chi connectivity index (χ1) is 17.9. The number of carbonyl (C=O) groups is 2. The summed E-state index contributed by atoms with van der Waals surface area (Å²) in [6.45, 7) is 2.70. The van der Waals surface area contributed by atoms with Crippen LogP contribution in [-0.2, 0) is 11.3 Å². The summed E-state index contributed by atoms with van der Waals surface area (Å²) < 4.78 is 7.19. The molecule has 0 aliphatic heterocycles. The van der Waals surface area contributed by atoms with Crippen LogP contribution in [0, 0.1) is 30.6 Å². The maximum atomic E-state index is 13.4. The van der Waals surface area contributed by atoms with E-state index in [0.717, 1.165) is 11.3 Å². The van der Waals surface area contributed by atoms with Gasteiger partial charge in [0.05, 0.1) is 24.5 Å². The number of nitrogens with zero attached hydrogens (tertiary/aromatic N) is 3. The number of carbonyl (C=O) groups excluding carboxylic acids is 1. The molecule has 0 spiro atoms. The maximum absolute atomic E-state index is 13.4. The number of aromatic nitrogens is 3. The van der Waals surface area contributed by atoms with Gasteiger partial charge in [0.1, 0.15) is 11.3 Å². The highest BCUT2D eigenvalue weighted by Crippen LogP contribution is 2.40. The number of Topliss-reactive ketones (excluding diaryl/α,β-unsaturated/α-hetero) is 1. The van der Waals surface area contributed by atoms with E-state index in [9.17, 15) is 19.5 Å². The van der Waals surface area contributed by atoms with E-state index in [4.69, 9.17) is 4.74 Å². The van der Waals surface area contributed by atoms with Gasteiger partial charge in [-0.05, 0) is 80.8 Å². The Balaban J connectivity index is 1.28. The van der Waals surface area contributed by atoms with Gasteiger partial charge in [0.25, 0.3) is 5.56 Å². The van der Waals surface area contributed by atoms with Gasteiger partial charge in [0.2, 0.25) is 0 Å². The average Bonchev–Trinajstić information content (AvgIpc) is 3.34. The zero-order valence-corrected chi connectivity index (χ0v) is 21.1. The number of ketones is 1. The number of carboxylic acids is 1. The van der Waals surface area contributed by atoms with Crippen molar-refractivity contribution in [2.24, 2.45) is 23.7 Å². The number of carboxylic acid groups (broad SMARTS) is 1. The van der Waals surface area contributed by atoms with Crippen molar-refractivity contribution in [2.75, 3.05) is 6.61 Å². The third-order valence-electron chi connectivity index (χ3n) is 8.05. The van der Waals surface area contributed by atoms with Gasteiger partial charge in [0, 0.05) is 11.5 Å². The van der Waals surface area contributed by atoms with Gasteiger partial charge >= 0.3 is 5.97 Å². The summed E-state index contributed by atoms with van der Waals surface area (Å²) in [5.41, 5.74) is 1.63. The van der Waals surface area contributed by atoms with Crippen molar-refractivity contribution in [3.05, 3.63) is 63.9 Å². The van der Waals surface area contributed by atoms with Crippen LogP contribution in [0.3, 0.4) is 0 Å². The van der Waals surface area contributed by atoms with Crippen LogP contribution in [0.2, 0.25) is 0 Å². The van der Waals surface area contributed by atoms with Crippen molar-refractivity contribution < 1.29 is 19.4 Å². The lowest BCUT2D eigenvalue weighted by molar-refractivity contribution is -0.144. The van der Waals surface area contributed by atoms with Crippen LogP contribution in [0.1, 0.15) is 60.9 Å². The molecule has 0 radical (unpaired) electrons. The van der Waals surface area contributed by atoms with Gasteiger partial charge in [-0.3, -0.25) is 14.4 Å². The molecule has 0 bridgehead atoms. The van der Waals surface area contributed by atoms with Gasteiger partial charge < -0.3 is 9.84 Å². The van der Waals surface area contributed by atoms with E-state index >= 15 is 0 Å². The molecule has 5 rings (SSSR count). The van der Waals surface area contributed by atoms with Crippen molar-refractivity contribution in [2.45, 2.75) is 58.4 Å². The lowest BCUT2D eigenvalue weighted by Crippen LogP contribution is -2.34. The highest BCUT2D eigenvalue weighted by molar-refractivity contribution is 6.00. The van der Waals surface area contributed by atoms with Crippen LogP contribution in [0.15, 0.2) is 47.3 Å². The van der Waals surface area contributed by atoms with Crippen LogP contribution in [0.5, 0.6) is 5.75 Å². The molecule has 8 heteroatoms.